The molecule has 1 heterocycles. The summed E-state index contributed by atoms with van der Waals surface area (Å²) in [6, 6.07) is 2.06. The van der Waals surface area contributed by atoms with E-state index in [0.717, 1.165) is 37.0 Å². The summed E-state index contributed by atoms with van der Waals surface area (Å²) in [7, 11) is 0. The number of aromatic nitrogens is 2. The summed E-state index contributed by atoms with van der Waals surface area (Å²) in [5.41, 5.74) is 1.09. The second-order valence-corrected chi connectivity index (χ2v) is 5.22. The molecule has 0 unspecified atom stereocenters. The van der Waals surface area contributed by atoms with E-state index >= 15 is 0 Å². The van der Waals surface area contributed by atoms with E-state index in [0.29, 0.717) is 5.92 Å². The van der Waals surface area contributed by atoms with E-state index in [-0.39, 0.29) is 0 Å². The van der Waals surface area contributed by atoms with Crippen LogP contribution in [0.3, 0.4) is 0 Å². The Morgan fingerprint density at radius 3 is 2.21 bits per heavy atom. The SMILES string of the molecule is CCCCNc1cc(C(C)C)nc(NCCCC)n1. The first-order valence-electron chi connectivity index (χ1n) is 7.54. The Morgan fingerprint density at radius 1 is 1.00 bits per heavy atom. The highest BCUT2D eigenvalue weighted by molar-refractivity contribution is 5.43. The predicted molar refractivity (Wildman–Crippen MR) is 82.9 cm³/mol. The number of nitrogens with zero attached hydrogens (tertiary/aromatic N) is 2. The van der Waals surface area contributed by atoms with Crippen LogP contribution in [0.4, 0.5) is 11.8 Å². The second kappa shape index (κ2) is 8.73. The van der Waals surface area contributed by atoms with Gasteiger partial charge in [-0.15, -0.1) is 0 Å². The minimum atomic E-state index is 0.418. The Labute approximate surface area is 117 Å². The molecule has 0 fully saturated rings. The summed E-state index contributed by atoms with van der Waals surface area (Å²) in [5.74, 6) is 2.10. The van der Waals surface area contributed by atoms with Gasteiger partial charge in [-0.3, -0.25) is 0 Å². The number of rotatable bonds is 9. The van der Waals surface area contributed by atoms with Crippen molar-refractivity contribution in [1.29, 1.82) is 0 Å². The zero-order chi connectivity index (χ0) is 14.1. The van der Waals surface area contributed by atoms with Gasteiger partial charge in [0.1, 0.15) is 5.82 Å². The van der Waals surface area contributed by atoms with Crippen LogP contribution in [-0.2, 0) is 0 Å². The summed E-state index contributed by atoms with van der Waals surface area (Å²) < 4.78 is 0. The van der Waals surface area contributed by atoms with Gasteiger partial charge in [0.25, 0.3) is 0 Å². The van der Waals surface area contributed by atoms with Gasteiger partial charge in [0.2, 0.25) is 5.95 Å². The van der Waals surface area contributed by atoms with E-state index in [4.69, 9.17) is 0 Å². The zero-order valence-corrected chi connectivity index (χ0v) is 12.8. The van der Waals surface area contributed by atoms with Crippen molar-refractivity contribution in [1.82, 2.24) is 9.97 Å². The molecule has 0 spiro atoms. The summed E-state index contributed by atoms with van der Waals surface area (Å²) in [4.78, 5) is 9.10. The summed E-state index contributed by atoms with van der Waals surface area (Å²) >= 11 is 0. The van der Waals surface area contributed by atoms with Crippen LogP contribution >= 0.6 is 0 Å². The summed E-state index contributed by atoms with van der Waals surface area (Å²) in [5, 5.41) is 6.69. The van der Waals surface area contributed by atoms with Crippen molar-refractivity contribution in [3.05, 3.63) is 11.8 Å². The molecule has 0 atom stereocenters. The Kier molecular flexibility index (Phi) is 7.23. The molecule has 108 valence electrons. The molecule has 0 aliphatic carbocycles. The van der Waals surface area contributed by atoms with Crippen LogP contribution in [0.1, 0.15) is 65.0 Å². The largest absolute Gasteiger partial charge is 0.370 e. The molecule has 4 heteroatoms. The molecule has 0 bridgehead atoms. The van der Waals surface area contributed by atoms with Gasteiger partial charge in [-0.25, -0.2) is 4.98 Å². The van der Waals surface area contributed by atoms with Crippen LogP contribution < -0.4 is 10.6 Å². The molecule has 0 radical (unpaired) electrons. The van der Waals surface area contributed by atoms with Crippen LogP contribution in [0.2, 0.25) is 0 Å². The Hall–Kier alpha value is -1.32. The van der Waals surface area contributed by atoms with Gasteiger partial charge in [-0.05, 0) is 18.8 Å². The van der Waals surface area contributed by atoms with Gasteiger partial charge in [-0.1, -0.05) is 40.5 Å². The van der Waals surface area contributed by atoms with Gasteiger partial charge in [0, 0.05) is 19.2 Å². The first kappa shape index (κ1) is 15.7. The smallest absolute Gasteiger partial charge is 0.224 e. The summed E-state index contributed by atoms with van der Waals surface area (Å²) in [6.07, 6.45) is 4.68. The van der Waals surface area contributed by atoms with Crippen molar-refractivity contribution in [2.75, 3.05) is 23.7 Å². The fraction of sp³-hybridized carbons (Fsp3) is 0.733. The van der Waals surface area contributed by atoms with Crippen molar-refractivity contribution in [3.63, 3.8) is 0 Å². The van der Waals surface area contributed by atoms with Crippen molar-refractivity contribution in [2.24, 2.45) is 0 Å². The average Bonchev–Trinajstić information content (AvgIpc) is 2.39. The van der Waals surface area contributed by atoms with Crippen molar-refractivity contribution >= 4 is 11.8 Å². The summed E-state index contributed by atoms with van der Waals surface area (Å²) in [6.45, 7) is 10.6. The van der Waals surface area contributed by atoms with Crippen LogP contribution in [0, 0.1) is 0 Å². The van der Waals surface area contributed by atoms with E-state index < -0.39 is 0 Å². The first-order valence-corrected chi connectivity index (χ1v) is 7.54. The third-order valence-corrected chi connectivity index (χ3v) is 2.99. The molecule has 0 amide bonds. The average molecular weight is 264 g/mol. The van der Waals surface area contributed by atoms with Gasteiger partial charge in [0.05, 0.1) is 5.69 Å². The highest BCUT2D eigenvalue weighted by Gasteiger charge is 2.07. The lowest BCUT2D eigenvalue weighted by molar-refractivity contribution is 0.794. The molecular weight excluding hydrogens is 236 g/mol. The lowest BCUT2D eigenvalue weighted by atomic mass is 10.1. The number of nitrogens with one attached hydrogen (secondary N) is 2. The third-order valence-electron chi connectivity index (χ3n) is 2.99. The second-order valence-electron chi connectivity index (χ2n) is 5.22. The standard InChI is InChI=1S/C15H28N4/c1-5-7-9-16-14-11-13(12(3)4)18-15(19-14)17-10-8-6-2/h11-12H,5-10H2,1-4H3,(H2,16,17,18,19). The molecular formula is C15H28N4. The van der Waals surface area contributed by atoms with Gasteiger partial charge < -0.3 is 10.6 Å². The van der Waals surface area contributed by atoms with Crippen molar-refractivity contribution in [3.8, 4) is 0 Å². The number of hydrogen-bond acceptors (Lipinski definition) is 4. The molecule has 0 aliphatic rings. The maximum absolute atomic E-state index is 4.57. The zero-order valence-electron chi connectivity index (χ0n) is 12.8. The lowest BCUT2D eigenvalue weighted by Crippen LogP contribution is -2.11. The highest BCUT2D eigenvalue weighted by atomic mass is 15.1. The molecule has 0 aromatic carbocycles. The molecule has 2 N–H and O–H groups in total. The first-order chi connectivity index (χ1) is 9.17. The molecule has 4 nitrogen and oxygen atoms in total. The monoisotopic (exact) mass is 264 g/mol. The van der Waals surface area contributed by atoms with Gasteiger partial charge >= 0.3 is 0 Å². The van der Waals surface area contributed by atoms with Crippen molar-refractivity contribution < 1.29 is 0 Å². The van der Waals surface area contributed by atoms with E-state index in [2.05, 4.69) is 54.4 Å². The van der Waals surface area contributed by atoms with Gasteiger partial charge in [0.15, 0.2) is 0 Å². The number of unbranched alkanes of at least 4 members (excludes halogenated alkanes) is 2. The van der Waals surface area contributed by atoms with Crippen molar-refractivity contribution in [2.45, 2.75) is 59.3 Å². The Bertz CT molecular complexity index is 335. The molecule has 1 rings (SSSR count). The maximum atomic E-state index is 4.57. The highest BCUT2D eigenvalue weighted by Crippen LogP contribution is 2.17. The molecule has 0 saturated heterocycles. The lowest BCUT2D eigenvalue weighted by Gasteiger charge is -2.12. The molecule has 1 aromatic heterocycles. The number of hydrogen-bond donors (Lipinski definition) is 2. The number of anilines is 2. The molecule has 1 aromatic rings. The topological polar surface area (TPSA) is 49.8 Å². The minimum Gasteiger partial charge on any atom is -0.370 e. The molecule has 19 heavy (non-hydrogen) atoms. The Balaban J connectivity index is 2.72. The van der Waals surface area contributed by atoms with Gasteiger partial charge in [-0.2, -0.15) is 4.98 Å². The molecule has 0 saturated carbocycles. The normalized spacial score (nSPS) is 10.8. The Morgan fingerprint density at radius 2 is 1.63 bits per heavy atom. The quantitative estimate of drug-likeness (QED) is 0.661. The van der Waals surface area contributed by atoms with E-state index in [1.54, 1.807) is 0 Å². The van der Waals surface area contributed by atoms with Crippen LogP contribution in [-0.4, -0.2) is 23.1 Å². The van der Waals surface area contributed by atoms with Crippen LogP contribution in [0.5, 0.6) is 0 Å². The van der Waals surface area contributed by atoms with Crippen LogP contribution in [0.25, 0.3) is 0 Å². The van der Waals surface area contributed by atoms with Crippen LogP contribution in [0.15, 0.2) is 6.07 Å². The molecule has 0 aliphatic heterocycles. The minimum absolute atomic E-state index is 0.418. The fourth-order valence-corrected chi connectivity index (χ4v) is 1.70. The third kappa shape index (κ3) is 5.90. The van der Waals surface area contributed by atoms with E-state index in [1.807, 2.05) is 0 Å². The van der Waals surface area contributed by atoms with E-state index in [9.17, 15) is 0 Å². The predicted octanol–water partition coefficient (Wildman–Crippen LogP) is 4.02. The fourth-order valence-electron chi connectivity index (χ4n) is 1.70. The van der Waals surface area contributed by atoms with E-state index in [1.165, 1.54) is 19.3 Å². The maximum Gasteiger partial charge on any atom is 0.224 e.